The second kappa shape index (κ2) is 9.65. The maximum atomic E-state index is 5.82. The van der Waals surface area contributed by atoms with Gasteiger partial charge in [-0.25, -0.2) is 0 Å². The lowest BCUT2D eigenvalue weighted by Crippen LogP contribution is -2.15. The van der Waals surface area contributed by atoms with Gasteiger partial charge in [0.1, 0.15) is 0 Å². The largest absolute Gasteiger partial charge is 0.490 e. The van der Waals surface area contributed by atoms with Crippen LogP contribution in [0.4, 0.5) is 0 Å². The molecule has 0 heterocycles. The van der Waals surface area contributed by atoms with E-state index >= 15 is 0 Å². The Labute approximate surface area is 123 Å². The van der Waals surface area contributed by atoms with E-state index in [4.69, 9.17) is 15.2 Å². The molecule has 0 aliphatic carbocycles. The van der Waals surface area contributed by atoms with Gasteiger partial charge in [-0.05, 0) is 50.8 Å². The number of unbranched alkanes of at least 4 members (excludes halogenated alkanes) is 2. The smallest absolute Gasteiger partial charge is 0.161 e. The van der Waals surface area contributed by atoms with E-state index in [1.807, 2.05) is 19.9 Å². The number of benzene rings is 1. The Morgan fingerprint density at radius 2 is 1.90 bits per heavy atom. The van der Waals surface area contributed by atoms with Crippen LogP contribution in [0.5, 0.6) is 11.5 Å². The number of aryl methyl sites for hydroxylation is 1. The van der Waals surface area contributed by atoms with Crippen LogP contribution in [0.15, 0.2) is 18.2 Å². The van der Waals surface area contributed by atoms with Gasteiger partial charge in [0.2, 0.25) is 0 Å². The van der Waals surface area contributed by atoms with Gasteiger partial charge in [-0.2, -0.15) is 0 Å². The average Bonchev–Trinajstić information content (AvgIpc) is 2.43. The van der Waals surface area contributed by atoms with Crippen LogP contribution in [0, 0.1) is 0 Å². The van der Waals surface area contributed by atoms with Crippen molar-refractivity contribution in [1.82, 2.24) is 0 Å². The van der Waals surface area contributed by atoms with Crippen LogP contribution < -0.4 is 15.2 Å². The summed E-state index contributed by atoms with van der Waals surface area (Å²) in [7, 11) is 0. The van der Waals surface area contributed by atoms with Crippen LogP contribution in [-0.2, 0) is 6.42 Å². The summed E-state index contributed by atoms with van der Waals surface area (Å²) in [6.45, 7) is 7.64. The fraction of sp³-hybridized carbons (Fsp3) is 0.647. The quantitative estimate of drug-likeness (QED) is 0.660. The van der Waals surface area contributed by atoms with Crippen LogP contribution in [0.25, 0.3) is 0 Å². The summed E-state index contributed by atoms with van der Waals surface area (Å²) in [6.07, 6.45) is 5.47. The second-order valence-corrected chi connectivity index (χ2v) is 5.29. The summed E-state index contributed by atoms with van der Waals surface area (Å²) in [6, 6.07) is 6.45. The monoisotopic (exact) mass is 279 g/mol. The van der Waals surface area contributed by atoms with Gasteiger partial charge in [0.25, 0.3) is 0 Å². The van der Waals surface area contributed by atoms with Crippen molar-refractivity contribution in [2.75, 3.05) is 13.2 Å². The molecule has 0 bridgehead atoms. The third-order valence-corrected chi connectivity index (χ3v) is 3.20. The fourth-order valence-corrected chi connectivity index (χ4v) is 2.02. The standard InChI is InChI=1S/C17H29NO2/c1-4-6-7-12-20-16-11-10-15(9-8-14(3)18)13-17(16)19-5-2/h10-11,13-14H,4-9,12,18H2,1-3H3. The molecule has 0 spiro atoms. The molecular formula is C17H29NO2. The van der Waals surface area contributed by atoms with Crippen LogP contribution in [-0.4, -0.2) is 19.3 Å². The molecule has 1 rings (SSSR count). The molecule has 1 aromatic carbocycles. The molecule has 0 saturated heterocycles. The van der Waals surface area contributed by atoms with Crippen LogP contribution in [0.1, 0.15) is 52.0 Å². The Bertz CT molecular complexity index is 377. The summed E-state index contributed by atoms with van der Waals surface area (Å²) >= 11 is 0. The summed E-state index contributed by atoms with van der Waals surface area (Å²) < 4.78 is 11.5. The minimum atomic E-state index is 0.232. The Balaban J connectivity index is 2.63. The van der Waals surface area contributed by atoms with Gasteiger partial charge < -0.3 is 15.2 Å². The molecular weight excluding hydrogens is 250 g/mol. The van der Waals surface area contributed by atoms with Crippen molar-refractivity contribution in [1.29, 1.82) is 0 Å². The molecule has 114 valence electrons. The fourth-order valence-electron chi connectivity index (χ4n) is 2.02. The van der Waals surface area contributed by atoms with Gasteiger partial charge in [0.05, 0.1) is 13.2 Å². The molecule has 0 aromatic heterocycles. The van der Waals surface area contributed by atoms with E-state index in [1.54, 1.807) is 0 Å². The summed E-state index contributed by atoms with van der Waals surface area (Å²) in [5, 5.41) is 0. The summed E-state index contributed by atoms with van der Waals surface area (Å²) in [4.78, 5) is 0. The lowest BCUT2D eigenvalue weighted by Gasteiger charge is -2.14. The highest BCUT2D eigenvalue weighted by Crippen LogP contribution is 2.29. The molecule has 0 aliphatic heterocycles. The lowest BCUT2D eigenvalue weighted by atomic mass is 10.1. The Morgan fingerprint density at radius 1 is 1.10 bits per heavy atom. The maximum absolute atomic E-state index is 5.82. The minimum Gasteiger partial charge on any atom is -0.490 e. The number of nitrogens with two attached hydrogens (primary N) is 1. The van der Waals surface area contributed by atoms with Crippen molar-refractivity contribution >= 4 is 0 Å². The van der Waals surface area contributed by atoms with E-state index in [2.05, 4.69) is 19.1 Å². The van der Waals surface area contributed by atoms with E-state index in [-0.39, 0.29) is 6.04 Å². The van der Waals surface area contributed by atoms with Crippen molar-refractivity contribution in [3.63, 3.8) is 0 Å². The Hall–Kier alpha value is -1.22. The number of rotatable bonds is 10. The zero-order valence-corrected chi connectivity index (χ0v) is 13.2. The van der Waals surface area contributed by atoms with Crippen molar-refractivity contribution in [3.8, 4) is 11.5 Å². The van der Waals surface area contributed by atoms with E-state index in [0.717, 1.165) is 37.4 Å². The molecule has 1 atom stereocenters. The van der Waals surface area contributed by atoms with Crippen molar-refractivity contribution in [2.45, 2.75) is 58.9 Å². The highest BCUT2D eigenvalue weighted by Gasteiger charge is 2.07. The van der Waals surface area contributed by atoms with Gasteiger partial charge in [0.15, 0.2) is 11.5 Å². The summed E-state index contributed by atoms with van der Waals surface area (Å²) in [5.74, 6) is 1.71. The first kappa shape index (κ1) is 16.8. The van der Waals surface area contributed by atoms with E-state index in [9.17, 15) is 0 Å². The van der Waals surface area contributed by atoms with E-state index < -0.39 is 0 Å². The molecule has 1 aromatic rings. The van der Waals surface area contributed by atoms with Crippen molar-refractivity contribution in [3.05, 3.63) is 23.8 Å². The number of hydrogen-bond donors (Lipinski definition) is 1. The van der Waals surface area contributed by atoms with Gasteiger partial charge in [-0.15, -0.1) is 0 Å². The van der Waals surface area contributed by atoms with Crippen LogP contribution >= 0.6 is 0 Å². The molecule has 3 nitrogen and oxygen atoms in total. The minimum absolute atomic E-state index is 0.232. The molecule has 2 N–H and O–H groups in total. The van der Waals surface area contributed by atoms with Gasteiger partial charge in [0, 0.05) is 6.04 Å². The highest BCUT2D eigenvalue weighted by atomic mass is 16.5. The van der Waals surface area contributed by atoms with Gasteiger partial charge >= 0.3 is 0 Å². The molecule has 3 heteroatoms. The van der Waals surface area contributed by atoms with Gasteiger partial charge in [-0.1, -0.05) is 25.8 Å². The first-order valence-corrected chi connectivity index (χ1v) is 7.81. The van der Waals surface area contributed by atoms with Crippen molar-refractivity contribution < 1.29 is 9.47 Å². The van der Waals surface area contributed by atoms with Crippen molar-refractivity contribution in [2.24, 2.45) is 5.73 Å². The van der Waals surface area contributed by atoms with Crippen LogP contribution in [0.2, 0.25) is 0 Å². The van der Waals surface area contributed by atoms with Crippen LogP contribution in [0.3, 0.4) is 0 Å². The lowest BCUT2D eigenvalue weighted by molar-refractivity contribution is 0.271. The topological polar surface area (TPSA) is 44.5 Å². The van der Waals surface area contributed by atoms with Gasteiger partial charge in [-0.3, -0.25) is 0 Å². The first-order chi connectivity index (χ1) is 9.67. The molecule has 1 unspecified atom stereocenters. The zero-order chi connectivity index (χ0) is 14.8. The Morgan fingerprint density at radius 3 is 2.55 bits per heavy atom. The molecule has 0 radical (unpaired) electrons. The highest BCUT2D eigenvalue weighted by molar-refractivity contribution is 5.43. The molecule has 0 fully saturated rings. The summed E-state index contributed by atoms with van der Waals surface area (Å²) in [5.41, 5.74) is 7.06. The second-order valence-electron chi connectivity index (χ2n) is 5.29. The molecule has 20 heavy (non-hydrogen) atoms. The predicted octanol–water partition coefficient (Wildman–Crippen LogP) is 3.93. The third-order valence-electron chi connectivity index (χ3n) is 3.20. The SMILES string of the molecule is CCCCCOc1ccc(CCC(C)N)cc1OCC. The average molecular weight is 279 g/mol. The Kier molecular flexibility index (Phi) is 8.12. The molecule has 0 saturated carbocycles. The normalized spacial score (nSPS) is 12.2. The number of hydrogen-bond acceptors (Lipinski definition) is 3. The van der Waals surface area contributed by atoms with E-state index in [1.165, 1.54) is 18.4 Å². The predicted molar refractivity (Wildman–Crippen MR) is 84.6 cm³/mol. The number of ether oxygens (including phenoxy) is 2. The molecule has 0 amide bonds. The molecule has 0 aliphatic rings. The first-order valence-electron chi connectivity index (χ1n) is 7.81. The third kappa shape index (κ3) is 6.29. The van der Waals surface area contributed by atoms with E-state index in [0.29, 0.717) is 6.61 Å². The zero-order valence-electron chi connectivity index (χ0n) is 13.2. The maximum Gasteiger partial charge on any atom is 0.161 e.